The molecule has 1 atom stereocenters. The van der Waals surface area contributed by atoms with E-state index in [-0.39, 0.29) is 31.1 Å². The zero-order valence-electron chi connectivity index (χ0n) is 44.2. The first kappa shape index (κ1) is 63.6. The fraction of sp³-hybridized carbons (Fsp3) is 0.850. The average molecular weight is 928 g/mol. The van der Waals surface area contributed by atoms with Gasteiger partial charge in [-0.3, -0.25) is 14.4 Å². The summed E-state index contributed by atoms with van der Waals surface area (Å²) >= 11 is 0. The van der Waals surface area contributed by atoms with Gasteiger partial charge in [-0.25, -0.2) is 0 Å². The van der Waals surface area contributed by atoms with Crippen LogP contribution in [0.25, 0.3) is 0 Å². The second-order valence-corrected chi connectivity index (χ2v) is 19.5. The Hall–Kier alpha value is -2.37. The maximum atomic E-state index is 12.8. The van der Waals surface area contributed by atoms with Gasteiger partial charge in [0.25, 0.3) is 0 Å². The van der Waals surface area contributed by atoms with E-state index in [9.17, 15) is 14.4 Å². The van der Waals surface area contributed by atoms with Crippen molar-refractivity contribution in [2.45, 2.75) is 316 Å². The number of carbonyl (C=O) groups is 3. The summed E-state index contributed by atoms with van der Waals surface area (Å²) < 4.78 is 16.9. The molecule has 0 aliphatic heterocycles. The molecule has 6 nitrogen and oxygen atoms in total. The van der Waals surface area contributed by atoms with Crippen molar-refractivity contribution < 1.29 is 28.6 Å². The summed E-state index contributed by atoms with van der Waals surface area (Å²) in [7, 11) is 0. The first-order chi connectivity index (χ1) is 32.5. The summed E-state index contributed by atoms with van der Waals surface area (Å²) in [6.07, 6.45) is 65.6. The van der Waals surface area contributed by atoms with Crippen LogP contribution in [0.4, 0.5) is 0 Å². The molecule has 66 heavy (non-hydrogen) atoms. The van der Waals surface area contributed by atoms with Crippen molar-refractivity contribution in [3.8, 4) is 0 Å². The summed E-state index contributed by atoms with van der Waals surface area (Å²) in [5, 5.41) is 0. The Morgan fingerprint density at radius 1 is 0.288 bits per heavy atom. The zero-order chi connectivity index (χ0) is 47.9. The van der Waals surface area contributed by atoms with Crippen LogP contribution in [0.15, 0.2) is 36.5 Å². The van der Waals surface area contributed by atoms with Crippen LogP contribution in [0.1, 0.15) is 310 Å². The fourth-order valence-corrected chi connectivity index (χ4v) is 8.43. The Morgan fingerprint density at radius 2 is 0.500 bits per heavy atom. The second-order valence-electron chi connectivity index (χ2n) is 19.5. The van der Waals surface area contributed by atoms with Crippen LogP contribution in [0.2, 0.25) is 0 Å². The highest BCUT2D eigenvalue weighted by atomic mass is 16.6. The van der Waals surface area contributed by atoms with Crippen LogP contribution in [0.5, 0.6) is 0 Å². The topological polar surface area (TPSA) is 78.9 Å². The van der Waals surface area contributed by atoms with E-state index < -0.39 is 6.10 Å². The normalized spacial score (nSPS) is 12.2. The first-order valence-corrected chi connectivity index (χ1v) is 29.0. The van der Waals surface area contributed by atoms with E-state index >= 15 is 0 Å². The Bertz CT molecular complexity index is 1110. The predicted octanol–water partition coefficient (Wildman–Crippen LogP) is 19.3. The van der Waals surface area contributed by atoms with E-state index in [2.05, 4.69) is 57.2 Å². The number of unbranched alkanes of at least 4 members (excludes halogenated alkanes) is 36. The molecule has 0 bridgehead atoms. The van der Waals surface area contributed by atoms with Crippen LogP contribution in [-0.2, 0) is 28.6 Å². The van der Waals surface area contributed by atoms with Gasteiger partial charge in [-0.2, -0.15) is 0 Å². The number of esters is 3. The smallest absolute Gasteiger partial charge is 0.306 e. The number of hydrogen-bond acceptors (Lipinski definition) is 6. The summed E-state index contributed by atoms with van der Waals surface area (Å²) in [6, 6.07) is 0. The van der Waals surface area contributed by atoms with Gasteiger partial charge >= 0.3 is 17.9 Å². The van der Waals surface area contributed by atoms with Crippen molar-refractivity contribution in [3.05, 3.63) is 36.5 Å². The maximum absolute atomic E-state index is 12.8. The molecule has 0 rings (SSSR count). The molecule has 0 heterocycles. The Balaban J connectivity index is 4.37. The monoisotopic (exact) mass is 927 g/mol. The van der Waals surface area contributed by atoms with E-state index in [1.165, 1.54) is 193 Å². The van der Waals surface area contributed by atoms with Crippen molar-refractivity contribution in [1.82, 2.24) is 0 Å². The van der Waals surface area contributed by atoms with Gasteiger partial charge in [0.15, 0.2) is 6.10 Å². The third-order valence-electron chi connectivity index (χ3n) is 12.8. The van der Waals surface area contributed by atoms with Crippen LogP contribution in [0, 0.1) is 0 Å². The molecule has 0 aliphatic carbocycles. The van der Waals surface area contributed by atoms with Crippen LogP contribution >= 0.6 is 0 Å². The molecule has 386 valence electrons. The standard InChI is InChI=1S/C60H110O6/c1-4-7-10-13-16-19-22-25-28-29-30-33-35-38-41-44-47-50-53-59(62)65-56-57(66-60(63)54-51-48-45-42-39-36-32-27-24-21-18-15-12-9-6-3)55-64-58(61)52-49-46-43-40-37-34-31-26-23-20-17-14-11-8-5-2/h26-27,30-33,57H,4-25,28-29,34-56H2,1-3H3. The van der Waals surface area contributed by atoms with E-state index in [4.69, 9.17) is 14.2 Å². The minimum absolute atomic E-state index is 0.0803. The molecule has 0 radical (unpaired) electrons. The third-order valence-corrected chi connectivity index (χ3v) is 12.8. The van der Waals surface area contributed by atoms with Crippen LogP contribution in [0.3, 0.4) is 0 Å². The first-order valence-electron chi connectivity index (χ1n) is 29.0. The molecular weight excluding hydrogens is 817 g/mol. The highest BCUT2D eigenvalue weighted by Gasteiger charge is 2.19. The second kappa shape index (κ2) is 55.2. The lowest BCUT2D eigenvalue weighted by Crippen LogP contribution is -2.30. The highest BCUT2D eigenvalue weighted by molar-refractivity contribution is 5.71. The molecule has 0 N–H and O–H groups in total. The molecule has 0 aliphatic rings. The van der Waals surface area contributed by atoms with E-state index in [0.717, 1.165) is 77.0 Å². The van der Waals surface area contributed by atoms with Crippen LogP contribution < -0.4 is 0 Å². The molecule has 0 amide bonds. The Morgan fingerprint density at radius 3 is 0.758 bits per heavy atom. The van der Waals surface area contributed by atoms with E-state index in [0.29, 0.717) is 19.3 Å². The molecule has 0 spiro atoms. The van der Waals surface area contributed by atoms with Gasteiger partial charge in [0, 0.05) is 19.3 Å². The molecule has 6 heteroatoms. The van der Waals surface area contributed by atoms with Gasteiger partial charge in [-0.1, -0.05) is 231 Å². The lowest BCUT2D eigenvalue weighted by molar-refractivity contribution is -0.167. The average Bonchev–Trinajstić information content (AvgIpc) is 3.31. The molecule has 0 saturated carbocycles. The predicted molar refractivity (Wildman–Crippen MR) is 284 cm³/mol. The van der Waals surface area contributed by atoms with Crippen molar-refractivity contribution in [2.24, 2.45) is 0 Å². The number of carbonyl (C=O) groups excluding carboxylic acids is 3. The van der Waals surface area contributed by atoms with E-state index in [1.807, 2.05) is 0 Å². The number of hydrogen-bond donors (Lipinski definition) is 0. The molecular formula is C60H110O6. The zero-order valence-corrected chi connectivity index (χ0v) is 44.2. The van der Waals surface area contributed by atoms with Gasteiger partial charge in [0.05, 0.1) is 0 Å². The fourth-order valence-electron chi connectivity index (χ4n) is 8.43. The van der Waals surface area contributed by atoms with Crippen molar-refractivity contribution in [3.63, 3.8) is 0 Å². The van der Waals surface area contributed by atoms with Crippen molar-refractivity contribution in [1.29, 1.82) is 0 Å². The summed E-state index contributed by atoms with van der Waals surface area (Å²) in [4.78, 5) is 38.1. The van der Waals surface area contributed by atoms with Crippen molar-refractivity contribution in [2.75, 3.05) is 13.2 Å². The minimum atomic E-state index is -0.781. The maximum Gasteiger partial charge on any atom is 0.306 e. The number of allylic oxidation sites excluding steroid dienone is 6. The molecule has 0 fully saturated rings. The lowest BCUT2D eigenvalue weighted by atomic mass is 10.1. The van der Waals surface area contributed by atoms with Crippen LogP contribution in [-0.4, -0.2) is 37.2 Å². The highest BCUT2D eigenvalue weighted by Crippen LogP contribution is 2.15. The van der Waals surface area contributed by atoms with Gasteiger partial charge in [-0.05, 0) is 96.3 Å². The summed E-state index contributed by atoms with van der Waals surface area (Å²) in [5.41, 5.74) is 0. The third kappa shape index (κ3) is 52.6. The Kier molecular flexibility index (Phi) is 53.2. The molecule has 0 aromatic heterocycles. The van der Waals surface area contributed by atoms with Gasteiger partial charge in [0.1, 0.15) is 13.2 Å². The van der Waals surface area contributed by atoms with Gasteiger partial charge in [0.2, 0.25) is 0 Å². The van der Waals surface area contributed by atoms with Gasteiger partial charge < -0.3 is 14.2 Å². The number of ether oxygens (including phenoxy) is 3. The lowest BCUT2D eigenvalue weighted by Gasteiger charge is -2.18. The number of rotatable bonds is 53. The largest absolute Gasteiger partial charge is 0.462 e. The summed E-state index contributed by atoms with van der Waals surface area (Å²) in [5.74, 6) is -0.890. The molecule has 0 aromatic rings. The van der Waals surface area contributed by atoms with Gasteiger partial charge in [-0.15, -0.1) is 0 Å². The molecule has 1 unspecified atom stereocenters. The minimum Gasteiger partial charge on any atom is -0.462 e. The van der Waals surface area contributed by atoms with E-state index in [1.54, 1.807) is 0 Å². The molecule has 0 saturated heterocycles. The van der Waals surface area contributed by atoms with Crippen molar-refractivity contribution >= 4 is 17.9 Å². The quantitative estimate of drug-likeness (QED) is 0.0262. The summed E-state index contributed by atoms with van der Waals surface area (Å²) in [6.45, 7) is 6.64. The SMILES string of the molecule is CCCCCCCCC=CCCCCCCCC(=O)OCC(COC(=O)CCCCCCCC=CCCCCCCCCCCC)OC(=O)CCCCCCCC=CCCCCCCCC. The molecule has 0 aromatic carbocycles. The Labute approximate surface area is 410 Å².